The number of nitrogens with zero attached hydrogens (tertiary/aromatic N) is 3. The lowest BCUT2D eigenvalue weighted by atomic mass is 10.00. The molecule has 1 saturated heterocycles. The first kappa shape index (κ1) is 18.7. The van der Waals surface area contributed by atoms with Gasteiger partial charge in [0.1, 0.15) is 6.54 Å². The molecule has 0 radical (unpaired) electrons. The number of nitrogens with one attached hydrogen (secondary N) is 1. The molecule has 0 spiro atoms. The van der Waals surface area contributed by atoms with Crippen LogP contribution in [0, 0.1) is 0 Å². The summed E-state index contributed by atoms with van der Waals surface area (Å²) in [6.07, 6.45) is 1.90. The molecule has 0 aliphatic carbocycles. The zero-order valence-electron chi connectivity index (χ0n) is 15.3. The van der Waals surface area contributed by atoms with E-state index in [2.05, 4.69) is 27.3 Å². The Hall–Kier alpha value is -2.12. The number of ether oxygens (including phenoxy) is 1. The highest BCUT2D eigenvalue weighted by molar-refractivity contribution is 5.84. The summed E-state index contributed by atoms with van der Waals surface area (Å²) in [6.45, 7) is 6.93. The highest BCUT2D eigenvalue weighted by Gasteiger charge is 2.19. The summed E-state index contributed by atoms with van der Waals surface area (Å²) in [5.41, 5.74) is 8.44. The minimum atomic E-state index is 0.0255. The van der Waals surface area contributed by atoms with E-state index in [4.69, 9.17) is 10.5 Å². The summed E-state index contributed by atoms with van der Waals surface area (Å²) in [7, 11) is 0. The van der Waals surface area contributed by atoms with Crippen LogP contribution in [0.1, 0.15) is 17.5 Å². The number of guanidine groups is 1. The fourth-order valence-corrected chi connectivity index (χ4v) is 3.36. The van der Waals surface area contributed by atoms with Gasteiger partial charge in [0.15, 0.2) is 5.96 Å². The maximum Gasteiger partial charge on any atom is 0.244 e. The molecule has 1 aromatic carbocycles. The van der Waals surface area contributed by atoms with Crippen molar-refractivity contribution in [2.75, 3.05) is 52.5 Å². The van der Waals surface area contributed by atoms with Crippen LogP contribution in [-0.4, -0.2) is 74.1 Å². The van der Waals surface area contributed by atoms with Gasteiger partial charge in [-0.15, -0.1) is 0 Å². The second-order valence-corrected chi connectivity index (χ2v) is 6.77. The SMILES string of the molecule is NC(=NCC(=O)N1CCc2ccccc2C1)NCCCN1CCOCC1. The van der Waals surface area contributed by atoms with Gasteiger partial charge in [0.2, 0.25) is 5.91 Å². The fraction of sp³-hybridized carbons (Fsp3) is 0.579. The Morgan fingerprint density at radius 1 is 1.19 bits per heavy atom. The van der Waals surface area contributed by atoms with Crippen molar-refractivity contribution in [3.8, 4) is 0 Å². The van der Waals surface area contributed by atoms with Gasteiger partial charge in [-0.05, 0) is 30.5 Å². The van der Waals surface area contributed by atoms with Crippen molar-refractivity contribution in [2.24, 2.45) is 10.7 Å². The van der Waals surface area contributed by atoms with Crippen LogP contribution < -0.4 is 11.1 Å². The van der Waals surface area contributed by atoms with E-state index in [1.807, 2.05) is 17.0 Å². The Balaban J connectivity index is 1.35. The minimum Gasteiger partial charge on any atom is -0.379 e. The highest BCUT2D eigenvalue weighted by Crippen LogP contribution is 2.18. The van der Waals surface area contributed by atoms with Crippen LogP contribution in [-0.2, 0) is 22.5 Å². The predicted molar refractivity (Wildman–Crippen MR) is 102 cm³/mol. The van der Waals surface area contributed by atoms with Crippen molar-refractivity contribution in [3.63, 3.8) is 0 Å². The number of benzene rings is 1. The van der Waals surface area contributed by atoms with E-state index in [9.17, 15) is 4.79 Å². The van der Waals surface area contributed by atoms with Gasteiger partial charge < -0.3 is 20.7 Å². The third-order valence-electron chi connectivity index (χ3n) is 4.93. The standard InChI is InChI=1S/C19H29N5O2/c20-19(21-7-3-8-23-10-12-26-13-11-23)22-14-18(25)24-9-6-16-4-1-2-5-17(16)15-24/h1-2,4-5H,3,6-15H2,(H3,20,21,22). The first-order valence-corrected chi connectivity index (χ1v) is 9.41. The van der Waals surface area contributed by atoms with E-state index in [1.54, 1.807) is 0 Å². The van der Waals surface area contributed by atoms with Crippen molar-refractivity contribution in [1.82, 2.24) is 15.1 Å². The molecule has 0 atom stereocenters. The minimum absolute atomic E-state index is 0.0255. The number of amides is 1. The Kier molecular flexibility index (Phi) is 6.85. The summed E-state index contributed by atoms with van der Waals surface area (Å²) in [5, 5.41) is 3.10. The van der Waals surface area contributed by atoms with Gasteiger partial charge in [-0.25, -0.2) is 4.99 Å². The van der Waals surface area contributed by atoms with E-state index in [-0.39, 0.29) is 12.5 Å². The van der Waals surface area contributed by atoms with Crippen molar-refractivity contribution >= 4 is 11.9 Å². The number of carbonyl (C=O) groups excluding carboxylic acids is 1. The third kappa shape index (κ3) is 5.44. The van der Waals surface area contributed by atoms with Crippen LogP contribution in [0.2, 0.25) is 0 Å². The molecule has 7 nitrogen and oxygen atoms in total. The Morgan fingerprint density at radius 3 is 2.77 bits per heavy atom. The van der Waals surface area contributed by atoms with E-state index in [0.717, 1.165) is 58.8 Å². The largest absolute Gasteiger partial charge is 0.379 e. The molecule has 0 saturated carbocycles. The first-order valence-electron chi connectivity index (χ1n) is 9.41. The average molecular weight is 359 g/mol. The Labute approximate surface area is 155 Å². The predicted octanol–water partition coefficient (Wildman–Crippen LogP) is 0.198. The zero-order valence-corrected chi connectivity index (χ0v) is 15.3. The number of rotatable bonds is 6. The summed E-state index contributed by atoms with van der Waals surface area (Å²) >= 11 is 0. The number of aliphatic imine (C=N–C) groups is 1. The molecule has 142 valence electrons. The Bertz CT molecular complexity index is 628. The normalized spacial score (nSPS) is 18.5. The molecule has 26 heavy (non-hydrogen) atoms. The zero-order chi connectivity index (χ0) is 18.2. The molecule has 3 rings (SSSR count). The van der Waals surface area contributed by atoms with E-state index >= 15 is 0 Å². The first-order chi connectivity index (χ1) is 12.7. The van der Waals surface area contributed by atoms with Crippen LogP contribution in [0.4, 0.5) is 0 Å². The van der Waals surface area contributed by atoms with Crippen molar-refractivity contribution in [1.29, 1.82) is 0 Å². The smallest absolute Gasteiger partial charge is 0.244 e. The number of carbonyl (C=O) groups is 1. The lowest BCUT2D eigenvalue weighted by molar-refractivity contribution is -0.130. The Morgan fingerprint density at radius 2 is 1.96 bits per heavy atom. The summed E-state index contributed by atoms with van der Waals surface area (Å²) in [6, 6.07) is 8.28. The lowest BCUT2D eigenvalue weighted by Gasteiger charge is -2.28. The summed E-state index contributed by atoms with van der Waals surface area (Å²) < 4.78 is 5.34. The molecule has 0 unspecified atom stereocenters. The molecule has 2 aliphatic heterocycles. The number of hydrogen-bond donors (Lipinski definition) is 2. The van der Waals surface area contributed by atoms with Gasteiger partial charge in [-0.2, -0.15) is 0 Å². The molecule has 2 heterocycles. The quantitative estimate of drug-likeness (QED) is 0.431. The number of morpholine rings is 1. The van der Waals surface area contributed by atoms with Gasteiger partial charge in [-0.1, -0.05) is 24.3 Å². The fourth-order valence-electron chi connectivity index (χ4n) is 3.36. The van der Waals surface area contributed by atoms with Crippen molar-refractivity contribution < 1.29 is 9.53 Å². The van der Waals surface area contributed by atoms with Crippen LogP contribution in [0.25, 0.3) is 0 Å². The van der Waals surface area contributed by atoms with Gasteiger partial charge in [-0.3, -0.25) is 9.69 Å². The van der Waals surface area contributed by atoms with Crippen LogP contribution in [0.15, 0.2) is 29.3 Å². The molecular formula is C19H29N5O2. The molecule has 0 bridgehead atoms. The van der Waals surface area contributed by atoms with Crippen molar-refractivity contribution in [3.05, 3.63) is 35.4 Å². The molecule has 1 fully saturated rings. The van der Waals surface area contributed by atoms with Crippen LogP contribution in [0.5, 0.6) is 0 Å². The van der Waals surface area contributed by atoms with Crippen LogP contribution in [0.3, 0.4) is 0 Å². The topological polar surface area (TPSA) is 83.2 Å². The third-order valence-corrected chi connectivity index (χ3v) is 4.93. The van der Waals surface area contributed by atoms with Crippen molar-refractivity contribution in [2.45, 2.75) is 19.4 Å². The lowest BCUT2D eigenvalue weighted by Crippen LogP contribution is -2.40. The second kappa shape index (κ2) is 9.54. The van der Waals surface area contributed by atoms with Gasteiger partial charge in [0, 0.05) is 32.7 Å². The molecule has 1 amide bonds. The number of nitrogens with two attached hydrogens (primary N) is 1. The van der Waals surface area contributed by atoms with Gasteiger partial charge in [0.25, 0.3) is 0 Å². The molecule has 3 N–H and O–H groups in total. The molecular weight excluding hydrogens is 330 g/mol. The molecule has 0 aromatic heterocycles. The van der Waals surface area contributed by atoms with Gasteiger partial charge >= 0.3 is 0 Å². The average Bonchev–Trinajstić information content (AvgIpc) is 2.70. The maximum atomic E-state index is 12.4. The number of fused-ring (bicyclic) bond motifs is 1. The molecule has 7 heteroatoms. The maximum absolute atomic E-state index is 12.4. The van der Waals surface area contributed by atoms with E-state index in [0.29, 0.717) is 12.5 Å². The summed E-state index contributed by atoms with van der Waals surface area (Å²) in [5.74, 6) is 0.371. The van der Waals surface area contributed by atoms with E-state index < -0.39 is 0 Å². The molecule has 2 aliphatic rings. The number of hydrogen-bond acceptors (Lipinski definition) is 4. The van der Waals surface area contributed by atoms with E-state index in [1.165, 1.54) is 11.1 Å². The van der Waals surface area contributed by atoms with Crippen LogP contribution >= 0.6 is 0 Å². The molecule has 1 aromatic rings. The summed E-state index contributed by atoms with van der Waals surface area (Å²) in [4.78, 5) is 20.8. The highest BCUT2D eigenvalue weighted by atomic mass is 16.5. The second-order valence-electron chi connectivity index (χ2n) is 6.77. The monoisotopic (exact) mass is 359 g/mol. The van der Waals surface area contributed by atoms with Gasteiger partial charge in [0.05, 0.1) is 13.2 Å².